The second-order valence-electron chi connectivity index (χ2n) is 5.80. The second-order valence-corrected chi connectivity index (χ2v) is 5.80. The fourth-order valence-electron chi connectivity index (χ4n) is 3.33. The third-order valence-corrected chi connectivity index (χ3v) is 4.62. The number of carboxylic acids is 1. The van der Waals surface area contributed by atoms with E-state index in [9.17, 15) is 9.59 Å². The number of carboxylic acid groups (broad SMARTS) is 1. The Hall–Kier alpha value is -1.95. The van der Waals surface area contributed by atoms with Crippen LogP contribution in [0, 0.1) is 0 Å². The van der Waals surface area contributed by atoms with Crippen molar-refractivity contribution in [3.8, 4) is 0 Å². The Bertz CT molecular complexity index is 575. The lowest BCUT2D eigenvalue weighted by atomic mass is 10.1. The summed E-state index contributed by atoms with van der Waals surface area (Å²) in [6, 6.07) is 5.52. The van der Waals surface area contributed by atoms with Crippen LogP contribution in [0.25, 0.3) is 0 Å². The fourth-order valence-corrected chi connectivity index (χ4v) is 3.33. The van der Waals surface area contributed by atoms with Gasteiger partial charge >= 0.3 is 5.97 Å². The van der Waals surface area contributed by atoms with E-state index < -0.39 is 5.97 Å². The number of carbonyl (C=O) groups excluding carboxylic acids is 1. The summed E-state index contributed by atoms with van der Waals surface area (Å²) < 4.78 is 0. The highest BCUT2D eigenvalue weighted by Gasteiger charge is 2.36. The summed E-state index contributed by atoms with van der Waals surface area (Å²) in [5.74, 6) is -1.28. The smallest absolute Gasteiger partial charge is 0.354 e. The molecule has 0 spiro atoms. The molecule has 2 unspecified atom stereocenters. The largest absolute Gasteiger partial charge is 0.477 e. The van der Waals surface area contributed by atoms with E-state index in [1.165, 1.54) is 12.5 Å². The quantitative estimate of drug-likeness (QED) is 0.882. The Morgan fingerprint density at radius 1 is 1.19 bits per heavy atom. The lowest BCUT2D eigenvalue weighted by Crippen LogP contribution is -2.40. The van der Waals surface area contributed by atoms with Gasteiger partial charge in [-0.2, -0.15) is 0 Å². The third kappa shape index (κ3) is 2.63. The standard InChI is InChI=1S/C15H19N3O3/c1-17-10-5-6-11(17)9-18(8-7-10)14(19)12-3-2-4-13(16-12)15(20)21/h2-4,10-11H,5-9H2,1H3,(H,20,21). The number of aromatic carboxylic acids is 1. The molecule has 1 N–H and O–H groups in total. The number of rotatable bonds is 2. The van der Waals surface area contributed by atoms with Gasteiger partial charge in [-0.05, 0) is 38.4 Å². The van der Waals surface area contributed by atoms with Crippen LogP contribution in [-0.2, 0) is 0 Å². The SMILES string of the molecule is CN1C2CCC1CN(C(=O)c1cccc(C(=O)O)n1)CC2. The minimum Gasteiger partial charge on any atom is -0.477 e. The molecule has 1 aromatic heterocycles. The van der Waals surface area contributed by atoms with Crippen molar-refractivity contribution in [3.63, 3.8) is 0 Å². The highest BCUT2D eigenvalue weighted by molar-refractivity contribution is 5.94. The molecule has 2 aliphatic heterocycles. The van der Waals surface area contributed by atoms with Crippen LogP contribution in [0.3, 0.4) is 0 Å². The van der Waals surface area contributed by atoms with Crippen LogP contribution in [0.4, 0.5) is 0 Å². The number of aromatic nitrogens is 1. The fraction of sp³-hybridized carbons (Fsp3) is 0.533. The first-order valence-electron chi connectivity index (χ1n) is 7.28. The Morgan fingerprint density at radius 2 is 1.90 bits per heavy atom. The van der Waals surface area contributed by atoms with Crippen LogP contribution < -0.4 is 0 Å². The summed E-state index contributed by atoms with van der Waals surface area (Å²) in [7, 11) is 2.12. The molecule has 0 radical (unpaired) electrons. The molecule has 2 aliphatic rings. The predicted octanol–water partition coefficient (Wildman–Crippen LogP) is 1.09. The first kappa shape index (κ1) is 14.0. The highest BCUT2D eigenvalue weighted by atomic mass is 16.4. The number of fused-ring (bicyclic) bond motifs is 2. The minimum atomic E-state index is -1.11. The van der Waals surface area contributed by atoms with Crippen molar-refractivity contribution in [3.05, 3.63) is 29.6 Å². The lowest BCUT2D eigenvalue weighted by molar-refractivity contribution is 0.0689. The Balaban J connectivity index is 1.79. The number of likely N-dealkylation sites (N-methyl/N-ethyl adjacent to an activating group) is 1. The van der Waals surface area contributed by atoms with Crippen LogP contribution in [0.5, 0.6) is 0 Å². The Labute approximate surface area is 123 Å². The van der Waals surface area contributed by atoms with Gasteiger partial charge in [0.05, 0.1) is 0 Å². The molecule has 21 heavy (non-hydrogen) atoms. The van der Waals surface area contributed by atoms with Gasteiger partial charge in [-0.25, -0.2) is 9.78 Å². The summed E-state index contributed by atoms with van der Waals surface area (Å²) >= 11 is 0. The normalized spacial score (nSPS) is 25.7. The average molecular weight is 289 g/mol. The topological polar surface area (TPSA) is 73.7 Å². The van der Waals surface area contributed by atoms with Gasteiger partial charge in [0.1, 0.15) is 11.4 Å². The molecule has 2 bridgehead atoms. The number of hydrogen-bond acceptors (Lipinski definition) is 4. The van der Waals surface area contributed by atoms with Gasteiger partial charge in [-0.3, -0.25) is 9.69 Å². The first-order chi connectivity index (χ1) is 10.1. The van der Waals surface area contributed by atoms with Crippen molar-refractivity contribution in [2.75, 3.05) is 20.1 Å². The molecule has 2 fully saturated rings. The maximum Gasteiger partial charge on any atom is 0.354 e. The molecule has 3 rings (SSSR count). The second kappa shape index (κ2) is 5.44. The van der Waals surface area contributed by atoms with E-state index in [2.05, 4.69) is 16.9 Å². The number of likely N-dealkylation sites (tertiary alicyclic amines) is 1. The van der Waals surface area contributed by atoms with Crippen molar-refractivity contribution < 1.29 is 14.7 Å². The summed E-state index contributed by atoms with van der Waals surface area (Å²) in [5.41, 5.74) is 0.129. The van der Waals surface area contributed by atoms with Gasteiger partial charge in [0.15, 0.2) is 0 Å². The first-order valence-corrected chi connectivity index (χ1v) is 7.28. The van der Waals surface area contributed by atoms with Gasteiger partial charge < -0.3 is 10.0 Å². The molecular weight excluding hydrogens is 270 g/mol. The molecule has 0 aliphatic carbocycles. The zero-order chi connectivity index (χ0) is 15.0. The third-order valence-electron chi connectivity index (χ3n) is 4.62. The minimum absolute atomic E-state index is 0.0886. The van der Waals surface area contributed by atoms with Gasteiger partial charge in [0.2, 0.25) is 0 Å². The van der Waals surface area contributed by atoms with E-state index in [0.29, 0.717) is 25.2 Å². The van der Waals surface area contributed by atoms with E-state index in [1.54, 1.807) is 12.1 Å². The molecule has 6 heteroatoms. The molecule has 112 valence electrons. The summed E-state index contributed by atoms with van der Waals surface area (Å²) in [6.45, 7) is 1.41. The maximum absolute atomic E-state index is 12.6. The zero-order valence-corrected chi connectivity index (χ0v) is 12.0. The van der Waals surface area contributed by atoms with E-state index >= 15 is 0 Å². The molecule has 2 atom stereocenters. The number of carbonyl (C=O) groups is 2. The molecule has 0 aromatic carbocycles. The summed E-state index contributed by atoms with van der Waals surface area (Å²) in [6.07, 6.45) is 3.29. The molecule has 2 saturated heterocycles. The molecule has 3 heterocycles. The molecule has 6 nitrogen and oxygen atoms in total. The van der Waals surface area contributed by atoms with Crippen LogP contribution in [-0.4, -0.2) is 64.0 Å². The monoisotopic (exact) mass is 289 g/mol. The number of nitrogens with zero attached hydrogens (tertiary/aromatic N) is 3. The molecule has 1 amide bonds. The van der Waals surface area contributed by atoms with Gasteiger partial charge in [0.25, 0.3) is 5.91 Å². The highest BCUT2D eigenvalue weighted by Crippen LogP contribution is 2.28. The van der Waals surface area contributed by atoms with Gasteiger partial charge in [0, 0.05) is 25.2 Å². The van der Waals surface area contributed by atoms with Crippen molar-refractivity contribution in [2.24, 2.45) is 0 Å². The molecule has 0 saturated carbocycles. The van der Waals surface area contributed by atoms with E-state index in [4.69, 9.17) is 5.11 Å². The zero-order valence-electron chi connectivity index (χ0n) is 12.0. The van der Waals surface area contributed by atoms with E-state index in [0.717, 1.165) is 12.8 Å². The maximum atomic E-state index is 12.6. The summed E-state index contributed by atoms with van der Waals surface area (Å²) in [5, 5.41) is 8.97. The van der Waals surface area contributed by atoms with Crippen molar-refractivity contribution >= 4 is 11.9 Å². The van der Waals surface area contributed by atoms with Crippen molar-refractivity contribution in [2.45, 2.75) is 31.3 Å². The molecule has 1 aromatic rings. The lowest BCUT2D eigenvalue weighted by Gasteiger charge is -2.25. The molecular formula is C15H19N3O3. The van der Waals surface area contributed by atoms with Crippen molar-refractivity contribution in [1.29, 1.82) is 0 Å². The van der Waals surface area contributed by atoms with Crippen LogP contribution in [0.2, 0.25) is 0 Å². The van der Waals surface area contributed by atoms with E-state index in [1.807, 2.05) is 4.90 Å². The van der Waals surface area contributed by atoms with E-state index in [-0.39, 0.29) is 17.3 Å². The number of amides is 1. The average Bonchev–Trinajstić information content (AvgIpc) is 2.71. The van der Waals surface area contributed by atoms with Gasteiger partial charge in [-0.1, -0.05) is 6.07 Å². The van der Waals surface area contributed by atoms with Crippen LogP contribution >= 0.6 is 0 Å². The Morgan fingerprint density at radius 3 is 2.67 bits per heavy atom. The number of hydrogen-bond donors (Lipinski definition) is 1. The van der Waals surface area contributed by atoms with Crippen molar-refractivity contribution in [1.82, 2.24) is 14.8 Å². The Kier molecular flexibility index (Phi) is 3.63. The van der Waals surface area contributed by atoms with Crippen LogP contribution in [0.1, 0.15) is 40.2 Å². The predicted molar refractivity (Wildman–Crippen MR) is 76.3 cm³/mol. The number of pyridine rings is 1. The van der Waals surface area contributed by atoms with Crippen LogP contribution in [0.15, 0.2) is 18.2 Å². The van der Waals surface area contributed by atoms with Gasteiger partial charge in [-0.15, -0.1) is 0 Å². The summed E-state index contributed by atoms with van der Waals surface area (Å²) in [4.78, 5) is 31.7.